The van der Waals surface area contributed by atoms with Crippen LogP contribution in [0.15, 0.2) is 17.6 Å². The molecule has 0 aliphatic rings. The second-order valence-corrected chi connectivity index (χ2v) is 4.30. The largest absolute Gasteiger partial charge is 0.464 e. The van der Waals surface area contributed by atoms with Crippen LogP contribution in [0.2, 0.25) is 0 Å². The van der Waals surface area contributed by atoms with Crippen molar-refractivity contribution in [2.75, 3.05) is 6.61 Å². The molecule has 0 atom stereocenters. The number of ketones is 1. The molecular weight excluding hydrogens is 258 g/mol. The highest BCUT2D eigenvalue weighted by Crippen LogP contribution is 2.27. The molecule has 94 valence electrons. The number of hydrogen-bond donors (Lipinski definition) is 1. The summed E-state index contributed by atoms with van der Waals surface area (Å²) in [7, 11) is 0. The Morgan fingerprint density at radius 2 is 2.17 bits per heavy atom. The van der Waals surface area contributed by atoms with Crippen molar-refractivity contribution in [3.05, 3.63) is 23.2 Å². The van der Waals surface area contributed by atoms with Gasteiger partial charge < -0.3 is 9.84 Å². The van der Waals surface area contributed by atoms with Crippen LogP contribution in [0, 0.1) is 0 Å². The average Bonchev–Trinajstić information content (AvgIpc) is 2.88. The van der Waals surface area contributed by atoms with Crippen molar-refractivity contribution in [2.45, 2.75) is 6.92 Å². The zero-order valence-corrected chi connectivity index (χ0v) is 10.2. The summed E-state index contributed by atoms with van der Waals surface area (Å²) in [6, 6.07) is 1.58. The molecule has 2 heterocycles. The number of carbonyl (C=O) groups excluding carboxylic acids is 2. The summed E-state index contributed by atoms with van der Waals surface area (Å²) < 4.78 is 6.00. The van der Waals surface area contributed by atoms with Crippen LogP contribution in [0.5, 0.6) is 0 Å². The molecule has 0 radical (unpaired) electrons. The standard InChI is InChI=1S/C11H9NO5S/c1-2-17-10(14)8(13)6-5-12(11(15)16)7-3-4-18-9(6)7/h3-5H,2H2,1H3,(H,15,16). The lowest BCUT2D eigenvalue weighted by atomic mass is 10.2. The molecule has 0 saturated carbocycles. The summed E-state index contributed by atoms with van der Waals surface area (Å²) in [5.74, 6) is -1.81. The maximum Gasteiger partial charge on any atom is 0.416 e. The van der Waals surface area contributed by atoms with Crippen LogP contribution in [0.4, 0.5) is 4.79 Å². The van der Waals surface area contributed by atoms with Crippen LogP contribution in [-0.4, -0.2) is 34.1 Å². The van der Waals surface area contributed by atoms with Gasteiger partial charge in [-0.1, -0.05) is 0 Å². The molecule has 0 aliphatic carbocycles. The van der Waals surface area contributed by atoms with Gasteiger partial charge in [-0.25, -0.2) is 9.59 Å². The van der Waals surface area contributed by atoms with Crippen molar-refractivity contribution >= 4 is 39.4 Å². The fourth-order valence-electron chi connectivity index (χ4n) is 1.58. The number of hydrogen-bond acceptors (Lipinski definition) is 5. The van der Waals surface area contributed by atoms with Crippen molar-refractivity contribution < 1.29 is 24.2 Å². The summed E-state index contributed by atoms with van der Waals surface area (Å²) in [6.45, 7) is 1.69. The predicted molar refractivity (Wildman–Crippen MR) is 64.2 cm³/mol. The molecule has 1 N–H and O–H groups in total. The molecule has 0 aliphatic heterocycles. The van der Waals surface area contributed by atoms with E-state index in [1.807, 2.05) is 0 Å². The average molecular weight is 267 g/mol. The number of Topliss-reactive ketones (excluding diaryl/α,β-unsaturated/α-hetero) is 1. The zero-order valence-electron chi connectivity index (χ0n) is 9.37. The minimum atomic E-state index is -1.21. The second-order valence-electron chi connectivity index (χ2n) is 3.38. The number of esters is 1. The Labute approximate surface area is 105 Å². The second kappa shape index (κ2) is 4.61. The first-order valence-electron chi connectivity index (χ1n) is 5.09. The minimum absolute atomic E-state index is 0.0563. The Bertz CT molecular complexity index is 639. The van der Waals surface area contributed by atoms with E-state index in [9.17, 15) is 14.4 Å². The quantitative estimate of drug-likeness (QED) is 0.522. The van der Waals surface area contributed by atoms with Crippen molar-refractivity contribution in [2.24, 2.45) is 0 Å². The number of ether oxygens (including phenoxy) is 1. The van der Waals surface area contributed by atoms with E-state index in [4.69, 9.17) is 5.11 Å². The first-order chi connectivity index (χ1) is 8.56. The van der Waals surface area contributed by atoms with Crippen LogP contribution in [0.1, 0.15) is 17.3 Å². The molecule has 7 heteroatoms. The Morgan fingerprint density at radius 3 is 2.78 bits per heavy atom. The third kappa shape index (κ3) is 1.88. The van der Waals surface area contributed by atoms with Gasteiger partial charge in [-0.05, 0) is 18.4 Å². The molecule has 0 aromatic carbocycles. The van der Waals surface area contributed by atoms with Gasteiger partial charge in [0.15, 0.2) is 0 Å². The van der Waals surface area contributed by atoms with Crippen molar-refractivity contribution in [3.63, 3.8) is 0 Å². The van der Waals surface area contributed by atoms with E-state index in [0.29, 0.717) is 10.2 Å². The number of carbonyl (C=O) groups is 3. The zero-order chi connectivity index (χ0) is 13.3. The molecule has 6 nitrogen and oxygen atoms in total. The van der Waals surface area contributed by atoms with E-state index in [2.05, 4.69) is 4.74 Å². The lowest BCUT2D eigenvalue weighted by Gasteiger charge is -1.98. The van der Waals surface area contributed by atoms with Crippen molar-refractivity contribution in [1.29, 1.82) is 0 Å². The highest BCUT2D eigenvalue weighted by Gasteiger charge is 2.24. The highest BCUT2D eigenvalue weighted by molar-refractivity contribution is 7.17. The number of nitrogens with zero attached hydrogens (tertiary/aromatic N) is 1. The van der Waals surface area contributed by atoms with Gasteiger partial charge in [-0.3, -0.25) is 9.36 Å². The molecule has 0 amide bonds. The summed E-state index contributed by atoms with van der Waals surface area (Å²) in [4.78, 5) is 34.2. The molecule has 0 bridgehead atoms. The lowest BCUT2D eigenvalue weighted by Crippen LogP contribution is -2.17. The molecule has 0 unspecified atom stereocenters. The van der Waals surface area contributed by atoms with Gasteiger partial charge in [-0.15, -0.1) is 11.3 Å². The fraction of sp³-hybridized carbons (Fsp3) is 0.182. The van der Waals surface area contributed by atoms with E-state index in [0.717, 1.165) is 10.8 Å². The summed E-state index contributed by atoms with van der Waals surface area (Å²) in [5, 5.41) is 10.6. The highest BCUT2D eigenvalue weighted by atomic mass is 32.1. The number of fused-ring (bicyclic) bond motifs is 1. The van der Waals surface area contributed by atoms with Crippen LogP contribution in [0.3, 0.4) is 0 Å². The van der Waals surface area contributed by atoms with Crippen molar-refractivity contribution in [1.82, 2.24) is 4.57 Å². The van der Waals surface area contributed by atoms with Crippen LogP contribution >= 0.6 is 11.3 Å². The van der Waals surface area contributed by atoms with Crippen LogP contribution < -0.4 is 0 Å². The third-order valence-electron chi connectivity index (χ3n) is 2.32. The Morgan fingerprint density at radius 1 is 1.44 bits per heavy atom. The smallest absolute Gasteiger partial charge is 0.416 e. The van der Waals surface area contributed by atoms with Gasteiger partial charge in [0.05, 0.1) is 22.4 Å². The van der Waals surface area contributed by atoms with Gasteiger partial charge in [0.2, 0.25) is 0 Å². The molecule has 0 saturated heterocycles. The summed E-state index contributed by atoms with van der Waals surface area (Å²) in [5.41, 5.74) is 0.445. The van der Waals surface area contributed by atoms with E-state index in [1.165, 1.54) is 11.3 Å². The molecule has 2 rings (SSSR count). The van der Waals surface area contributed by atoms with Gasteiger partial charge in [-0.2, -0.15) is 0 Å². The maximum absolute atomic E-state index is 11.8. The molecule has 18 heavy (non-hydrogen) atoms. The van der Waals surface area contributed by atoms with Gasteiger partial charge in [0, 0.05) is 6.20 Å². The Hall–Kier alpha value is -2.15. The van der Waals surface area contributed by atoms with E-state index in [1.54, 1.807) is 18.4 Å². The van der Waals surface area contributed by atoms with Crippen LogP contribution in [-0.2, 0) is 9.53 Å². The normalized spacial score (nSPS) is 10.5. The maximum atomic E-state index is 11.8. The monoisotopic (exact) mass is 267 g/mol. The van der Waals surface area contributed by atoms with Gasteiger partial charge in [0.1, 0.15) is 0 Å². The fourth-order valence-corrected chi connectivity index (χ4v) is 2.47. The minimum Gasteiger partial charge on any atom is -0.464 e. The third-order valence-corrected chi connectivity index (χ3v) is 3.26. The van der Waals surface area contributed by atoms with Gasteiger partial charge in [0.25, 0.3) is 5.78 Å². The first-order valence-corrected chi connectivity index (χ1v) is 5.97. The number of rotatable bonds is 3. The van der Waals surface area contributed by atoms with Crippen molar-refractivity contribution in [3.8, 4) is 0 Å². The van der Waals surface area contributed by atoms with E-state index >= 15 is 0 Å². The number of aromatic nitrogens is 1. The summed E-state index contributed by atoms with van der Waals surface area (Å²) in [6.07, 6.45) is -0.0655. The first kappa shape index (κ1) is 12.3. The van der Waals surface area contributed by atoms with E-state index in [-0.39, 0.29) is 12.2 Å². The molecular formula is C11H9NO5S. The topological polar surface area (TPSA) is 85.6 Å². The number of carboxylic acid groups (broad SMARTS) is 1. The molecule has 2 aromatic rings. The SMILES string of the molecule is CCOC(=O)C(=O)c1cn(C(=O)O)c2ccsc12. The number of thiophene rings is 1. The van der Waals surface area contributed by atoms with Crippen LogP contribution in [0.25, 0.3) is 10.2 Å². The molecule has 0 spiro atoms. The predicted octanol–water partition coefficient (Wildman–Crippen LogP) is 1.97. The van der Waals surface area contributed by atoms with Gasteiger partial charge >= 0.3 is 12.1 Å². The Kier molecular flexibility index (Phi) is 3.15. The lowest BCUT2D eigenvalue weighted by molar-refractivity contribution is -0.137. The molecule has 0 fully saturated rings. The summed E-state index contributed by atoms with van der Waals surface area (Å²) >= 11 is 1.20. The van der Waals surface area contributed by atoms with E-state index < -0.39 is 17.8 Å². The molecule has 2 aromatic heterocycles. The Balaban J connectivity index is 2.51.